The zero-order valence-electron chi connectivity index (χ0n) is 10.5. The van der Waals surface area contributed by atoms with Crippen molar-refractivity contribution in [2.75, 3.05) is 20.1 Å². The molecule has 1 unspecified atom stereocenters. The molecule has 0 aromatic heterocycles. The van der Waals surface area contributed by atoms with E-state index < -0.39 is 0 Å². The predicted octanol–water partition coefficient (Wildman–Crippen LogP) is 1.26. The van der Waals surface area contributed by atoms with Crippen molar-refractivity contribution in [3.05, 3.63) is 0 Å². The molecule has 92 valence electrons. The van der Waals surface area contributed by atoms with Gasteiger partial charge in [0.05, 0.1) is 0 Å². The quantitative estimate of drug-likeness (QED) is 0.708. The maximum absolute atomic E-state index is 11.5. The highest BCUT2D eigenvalue weighted by molar-refractivity contribution is 5.78. The molecule has 1 fully saturated rings. The molecule has 0 aromatic carbocycles. The molecule has 1 saturated heterocycles. The van der Waals surface area contributed by atoms with E-state index in [1.54, 1.807) is 11.8 Å². The van der Waals surface area contributed by atoms with Crippen LogP contribution < -0.4 is 0 Å². The number of nitrogens with zero attached hydrogens (tertiary/aromatic N) is 2. The molecule has 4 heteroatoms. The topological polar surface area (TPSA) is 40.6 Å². The minimum Gasteiger partial charge on any atom is -0.346 e. The van der Waals surface area contributed by atoms with Gasteiger partial charge in [0.15, 0.2) is 0 Å². The van der Waals surface area contributed by atoms with Crippen LogP contribution in [-0.4, -0.2) is 47.8 Å². The number of hydrogen-bond donors (Lipinski definition) is 0. The lowest BCUT2D eigenvalue weighted by Gasteiger charge is -2.25. The van der Waals surface area contributed by atoms with Crippen molar-refractivity contribution in [1.82, 2.24) is 9.80 Å². The van der Waals surface area contributed by atoms with Crippen LogP contribution in [0.4, 0.5) is 0 Å². The van der Waals surface area contributed by atoms with Crippen molar-refractivity contribution >= 4 is 11.8 Å². The van der Waals surface area contributed by atoms with Gasteiger partial charge >= 0.3 is 0 Å². The lowest BCUT2D eigenvalue weighted by Crippen LogP contribution is -2.34. The summed E-state index contributed by atoms with van der Waals surface area (Å²) in [4.78, 5) is 26.2. The number of amides is 2. The molecule has 1 heterocycles. The smallest absolute Gasteiger partial charge is 0.222 e. The molecule has 0 spiro atoms. The van der Waals surface area contributed by atoms with E-state index in [1.165, 1.54) is 0 Å². The largest absolute Gasteiger partial charge is 0.346 e. The predicted molar refractivity (Wildman–Crippen MR) is 63.0 cm³/mol. The Bertz CT molecular complexity index is 266. The second kappa shape index (κ2) is 5.87. The van der Waals surface area contributed by atoms with Crippen LogP contribution in [0, 0.1) is 0 Å². The van der Waals surface area contributed by atoms with Gasteiger partial charge in [-0.15, -0.1) is 0 Å². The highest BCUT2D eigenvalue weighted by Crippen LogP contribution is 2.16. The lowest BCUT2D eigenvalue weighted by atomic mass is 10.1. The minimum atomic E-state index is 0.102. The molecule has 1 aliphatic rings. The van der Waals surface area contributed by atoms with E-state index in [2.05, 4.69) is 6.92 Å². The Morgan fingerprint density at radius 3 is 2.75 bits per heavy atom. The molecule has 4 nitrogen and oxygen atoms in total. The summed E-state index contributed by atoms with van der Waals surface area (Å²) in [6.07, 6.45) is 3.64. The van der Waals surface area contributed by atoms with Crippen LogP contribution in [0.3, 0.4) is 0 Å². The molecular formula is C12H22N2O2. The monoisotopic (exact) mass is 226 g/mol. The van der Waals surface area contributed by atoms with Gasteiger partial charge in [0.1, 0.15) is 0 Å². The zero-order chi connectivity index (χ0) is 12.1. The van der Waals surface area contributed by atoms with Crippen molar-refractivity contribution in [3.8, 4) is 0 Å². The van der Waals surface area contributed by atoms with Crippen LogP contribution in [0.25, 0.3) is 0 Å². The van der Waals surface area contributed by atoms with Crippen LogP contribution in [-0.2, 0) is 9.59 Å². The Kier molecular flexibility index (Phi) is 4.77. The number of likely N-dealkylation sites (tertiary alicyclic amines) is 1. The van der Waals surface area contributed by atoms with Gasteiger partial charge < -0.3 is 9.80 Å². The van der Waals surface area contributed by atoms with E-state index in [9.17, 15) is 9.59 Å². The van der Waals surface area contributed by atoms with E-state index in [1.807, 2.05) is 11.9 Å². The first kappa shape index (κ1) is 13.0. The summed E-state index contributed by atoms with van der Waals surface area (Å²) in [6.45, 7) is 5.36. The molecule has 16 heavy (non-hydrogen) atoms. The Morgan fingerprint density at radius 2 is 2.25 bits per heavy atom. The van der Waals surface area contributed by atoms with Gasteiger partial charge in [-0.25, -0.2) is 0 Å². The van der Waals surface area contributed by atoms with Crippen molar-refractivity contribution in [2.24, 2.45) is 0 Å². The highest BCUT2D eigenvalue weighted by Gasteiger charge is 2.24. The average molecular weight is 226 g/mol. The zero-order valence-corrected chi connectivity index (χ0v) is 10.5. The molecule has 2 amide bonds. The molecule has 0 saturated carbocycles. The minimum absolute atomic E-state index is 0.102. The Hall–Kier alpha value is -1.06. The number of carbonyl (C=O) groups excluding carboxylic acids is 2. The summed E-state index contributed by atoms with van der Waals surface area (Å²) in [5, 5.41) is 0. The fraction of sp³-hybridized carbons (Fsp3) is 0.833. The van der Waals surface area contributed by atoms with Crippen LogP contribution in [0.5, 0.6) is 0 Å². The third-order valence-corrected chi connectivity index (χ3v) is 3.30. The van der Waals surface area contributed by atoms with Gasteiger partial charge in [-0.2, -0.15) is 0 Å². The van der Waals surface area contributed by atoms with Gasteiger partial charge in [0.25, 0.3) is 0 Å². The fourth-order valence-electron chi connectivity index (χ4n) is 2.07. The Labute approximate surface area is 97.6 Å². The van der Waals surface area contributed by atoms with Crippen LogP contribution in [0.2, 0.25) is 0 Å². The average Bonchev–Trinajstić information content (AvgIpc) is 2.64. The van der Waals surface area contributed by atoms with Gasteiger partial charge in [0, 0.05) is 39.5 Å². The van der Waals surface area contributed by atoms with Gasteiger partial charge in [-0.1, -0.05) is 0 Å². The van der Waals surface area contributed by atoms with E-state index >= 15 is 0 Å². The summed E-state index contributed by atoms with van der Waals surface area (Å²) in [5.41, 5.74) is 0. The first-order chi connectivity index (χ1) is 7.52. The molecule has 1 aliphatic heterocycles. The number of hydrogen-bond acceptors (Lipinski definition) is 2. The van der Waals surface area contributed by atoms with Crippen molar-refractivity contribution < 1.29 is 9.59 Å². The van der Waals surface area contributed by atoms with E-state index in [4.69, 9.17) is 0 Å². The summed E-state index contributed by atoms with van der Waals surface area (Å²) in [5.74, 6) is 0.386. The van der Waals surface area contributed by atoms with Gasteiger partial charge in [-0.3, -0.25) is 9.59 Å². The second-order valence-electron chi connectivity index (χ2n) is 4.62. The van der Waals surface area contributed by atoms with Crippen molar-refractivity contribution in [2.45, 2.75) is 45.6 Å². The number of rotatable bonds is 5. The molecule has 1 atom stereocenters. The van der Waals surface area contributed by atoms with E-state index in [-0.39, 0.29) is 11.8 Å². The highest BCUT2D eigenvalue weighted by atomic mass is 16.2. The van der Waals surface area contributed by atoms with E-state index in [0.717, 1.165) is 32.4 Å². The standard InChI is InChI=1S/C12H22N2O2/c1-10(14-9-5-7-12(14)16)6-4-8-13(3)11(2)15/h10H,4-9H2,1-3H3. The van der Waals surface area contributed by atoms with Crippen LogP contribution in [0.15, 0.2) is 0 Å². The summed E-state index contributed by atoms with van der Waals surface area (Å²) in [6, 6.07) is 0.315. The van der Waals surface area contributed by atoms with Gasteiger partial charge in [0.2, 0.25) is 11.8 Å². The Balaban J connectivity index is 2.22. The molecule has 0 aromatic rings. The molecule has 0 N–H and O–H groups in total. The number of carbonyl (C=O) groups is 2. The first-order valence-electron chi connectivity index (χ1n) is 6.03. The van der Waals surface area contributed by atoms with Crippen molar-refractivity contribution in [1.29, 1.82) is 0 Å². The van der Waals surface area contributed by atoms with Crippen LogP contribution >= 0.6 is 0 Å². The SMILES string of the molecule is CC(=O)N(C)CCCC(C)N1CCCC1=O. The molecule has 0 aliphatic carbocycles. The second-order valence-corrected chi connectivity index (χ2v) is 4.62. The molecule has 0 radical (unpaired) electrons. The fourth-order valence-corrected chi connectivity index (χ4v) is 2.07. The first-order valence-corrected chi connectivity index (χ1v) is 6.03. The molecular weight excluding hydrogens is 204 g/mol. The lowest BCUT2D eigenvalue weighted by molar-refractivity contribution is -0.130. The normalized spacial score (nSPS) is 17.7. The van der Waals surface area contributed by atoms with E-state index in [0.29, 0.717) is 12.5 Å². The third kappa shape index (κ3) is 3.51. The third-order valence-electron chi connectivity index (χ3n) is 3.30. The Morgan fingerprint density at radius 1 is 1.56 bits per heavy atom. The van der Waals surface area contributed by atoms with Gasteiger partial charge in [-0.05, 0) is 26.2 Å². The van der Waals surface area contributed by atoms with Crippen molar-refractivity contribution in [3.63, 3.8) is 0 Å². The maximum Gasteiger partial charge on any atom is 0.222 e. The molecule has 1 rings (SSSR count). The summed E-state index contributed by atoms with van der Waals surface area (Å²) >= 11 is 0. The summed E-state index contributed by atoms with van der Waals surface area (Å²) < 4.78 is 0. The maximum atomic E-state index is 11.5. The molecule has 0 bridgehead atoms. The van der Waals surface area contributed by atoms with Crippen LogP contribution in [0.1, 0.15) is 39.5 Å². The summed E-state index contributed by atoms with van der Waals surface area (Å²) in [7, 11) is 1.81.